The highest BCUT2D eigenvalue weighted by atomic mass is 79.9. The summed E-state index contributed by atoms with van der Waals surface area (Å²) in [7, 11) is 0. The molecule has 1 unspecified atom stereocenters. The van der Waals surface area contributed by atoms with Crippen LogP contribution in [0.1, 0.15) is 17.2 Å². The normalized spacial score (nSPS) is 12.5. The highest BCUT2D eigenvalue weighted by Gasteiger charge is 2.18. The Kier molecular flexibility index (Phi) is 4.28. The van der Waals surface area contributed by atoms with Gasteiger partial charge in [0.2, 0.25) is 0 Å². The van der Waals surface area contributed by atoms with Crippen molar-refractivity contribution in [2.24, 2.45) is 0 Å². The van der Waals surface area contributed by atoms with E-state index in [1.807, 2.05) is 0 Å². The fourth-order valence-electron chi connectivity index (χ4n) is 1.61. The van der Waals surface area contributed by atoms with Crippen LogP contribution in [0.5, 0.6) is 0 Å². The van der Waals surface area contributed by atoms with Crippen molar-refractivity contribution in [1.82, 2.24) is 0 Å². The van der Waals surface area contributed by atoms with Gasteiger partial charge in [0, 0.05) is 25.6 Å². The Morgan fingerprint density at radius 3 is 2.44 bits per heavy atom. The first-order valence-electron chi connectivity index (χ1n) is 5.07. The molecule has 0 saturated heterocycles. The molecule has 2 rings (SSSR count). The molecule has 5 heteroatoms. The molecule has 0 radical (unpaired) electrons. The molecule has 2 aromatic rings. The number of hydrogen-bond donors (Lipinski definition) is 1. The molecule has 0 aliphatic rings. The lowest BCUT2D eigenvalue weighted by Crippen LogP contribution is -2.03. The van der Waals surface area contributed by atoms with Gasteiger partial charge in [0.15, 0.2) is 0 Å². The summed E-state index contributed by atoms with van der Waals surface area (Å²) < 4.78 is 14.4. The van der Waals surface area contributed by atoms with Crippen molar-refractivity contribution in [3.05, 3.63) is 67.9 Å². The van der Waals surface area contributed by atoms with E-state index >= 15 is 0 Å². The molecular formula is C13H8BrCl2FO. The molecule has 2 aromatic carbocycles. The molecule has 0 aromatic heterocycles. The van der Waals surface area contributed by atoms with Gasteiger partial charge >= 0.3 is 0 Å². The highest BCUT2D eigenvalue weighted by molar-refractivity contribution is 9.10. The summed E-state index contributed by atoms with van der Waals surface area (Å²) in [4.78, 5) is 0. The molecular weight excluding hydrogens is 342 g/mol. The fourth-order valence-corrected chi connectivity index (χ4v) is 2.51. The van der Waals surface area contributed by atoms with Crippen LogP contribution in [0, 0.1) is 5.82 Å². The summed E-state index contributed by atoms with van der Waals surface area (Å²) in [6, 6.07) is 9.06. The molecule has 0 heterocycles. The second-order valence-electron chi connectivity index (χ2n) is 3.73. The maximum atomic E-state index is 13.7. The number of aliphatic hydroxyl groups is 1. The molecule has 18 heavy (non-hydrogen) atoms. The minimum Gasteiger partial charge on any atom is -0.383 e. The monoisotopic (exact) mass is 348 g/mol. The van der Waals surface area contributed by atoms with Crippen LogP contribution < -0.4 is 0 Å². The Hall–Kier alpha value is -0.610. The van der Waals surface area contributed by atoms with Gasteiger partial charge in [-0.05, 0) is 30.3 Å². The number of benzene rings is 2. The summed E-state index contributed by atoms with van der Waals surface area (Å²) in [6.45, 7) is 0. The van der Waals surface area contributed by atoms with Gasteiger partial charge in [-0.2, -0.15) is 0 Å². The lowest BCUT2D eigenvalue weighted by atomic mass is 10.0. The molecule has 1 nitrogen and oxygen atoms in total. The Labute approximate surface area is 122 Å². The molecule has 0 fully saturated rings. The number of rotatable bonds is 2. The van der Waals surface area contributed by atoms with E-state index in [9.17, 15) is 9.50 Å². The third-order valence-electron chi connectivity index (χ3n) is 2.51. The van der Waals surface area contributed by atoms with E-state index in [2.05, 4.69) is 15.9 Å². The molecule has 0 aliphatic heterocycles. The van der Waals surface area contributed by atoms with Gasteiger partial charge in [-0.25, -0.2) is 4.39 Å². The van der Waals surface area contributed by atoms with Crippen molar-refractivity contribution in [3.63, 3.8) is 0 Å². The Morgan fingerprint density at radius 1 is 1.06 bits per heavy atom. The van der Waals surface area contributed by atoms with E-state index in [1.165, 1.54) is 18.2 Å². The van der Waals surface area contributed by atoms with Gasteiger partial charge < -0.3 is 5.11 Å². The summed E-state index contributed by atoms with van der Waals surface area (Å²) in [5, 5.41) is 10.9. The fraction of sp³-hybridized carbons (Fsp3) is 0.0769. The molecule has 1 atom stereocenters. The molecule has 0 amide bonds. The first kappa shape index (κ1) is 13.8. The van der Waals surface area contributed by atoms with Crippen LogP contribution in [0.4, 0.5) is 4.39 Å². The third-order valence-corrected chi connectivity index (χ3v) is 3.57. The standard InChI is InChI=1S/C13H8BrCl2FO/c14-7-1-4-12(17)10(5-7)13(18)9-3-2-8(15)6-11(9)16/h1-6,13,18H. The Morgan fingerprint density at radius 2 is 1.78 bits per heavy atom. The van der Waals surface area contributed by atoms with Gasteiger partial charge in [-0.15, -0.1) is 0 Å². The zero-order valence-corrected chi connectivity index (χ0v) is 12.1. The largest absolute Gasteiger partial charge is 0.383 e. The SMILES string of the molecule is OC(c1cc(Br)ccc1F)c1ccc(Cl)cc1Cl. The average molecular weight is 350 g/mol. The summed E-state index contributed by atoms with van der Waals surface area (Å²) in [5.74, 6) is -0.489. The van der Waals surface area contributed by atoms with Crippen LogP contribution in [0.15, 0.2) is 40.9 Å². The topological polar surface area (TPSA) is 20.2 Å². The number of aliphatic hydroxyl groups excluding tert-OH is 1. The molecule has 1 N–H and O–H groups in total. The van der Waals surface area contributed by atoms with Crippen LogP contribution in [0.3, 0.4) is 0 Å². The lowest BCUT2D eigenvalue weighted by molar-refractivity contribution is 0.215. The highest BCUT2D eigenvalue weighted by Crippen LogP contribution is 2.32. The van der Waals surface area contributed by atoms with E-state index < -0.39 is 11.9 Å². The van der Waals surface area contributed by atoms with E-state index in [1.54, 1.807) is 18.2 Å². The van der Waals surface area contributed by atoms with Crippen molar-refractivity contribution < 1.29 is 9.50 Å². The quantitative estimate of drug-likeness (QED) is 0.810. The van der Waals surface area contributed by atoms with E-state index in [-0.39, 0.29) is 5.56 Å². The van der Waals surface area contributed by atoms with E-state index in [4.69, 9.17) is 23.2 Å². The maximum absolute atomic E-state index is 13.7. The Balaban J connectivity index is 2.47. The first-order chi connectivity index (χ1) is 8.49. The van der Waals surface area contributed by atoms with Crippen LogP contribution in [0.25, 0.3) is 0 Å². The maximum Gasteiger partial charge on any atom is 0.129 e. The predicted octanol–water partition coefficient (Wildman–Crippen LogP) is 4.98. The summed E-state index contributed by atoms with van der Waals surface area (Å²) in [5.41, 5.74) is 0.576. The zero-order valence-electron chi connectivity index (χ0n) is 9.00. The lowest BCUT2D eigenvalue weighted by Gasteiger charge is -2.14. The van der Waals surface area contributed by atoms with Gasteiger partial charge in [0.05, 0.1) is 0 Å². The van der Waals surface area contributed by atoms with Crippen molar-refractivity contribution in [1.29, 1.82) is 0 Å². The smallest absolute Gasteiger partial charge is 0.129 e. The van der Waals surface area contributed by atoms with E-state index in [0.29, 0.717) is 20.1 Å². The van der Waals surface area contributed by atoms with Gasteiger partial charge in [0.25, 0.3) is 0 Å². The first-order valence-corrected chi connectivity index (χ1v) is 6.62. The van der Waals surface area contributed by atoms with Crippen molar-refractivity contribution in [2.75, 3.05) is 0 Å². The molecule has 0 bridgehead atoms. The minimum atomic E-state index is -1.13. The van der Waals surface area contributed by atoms with Crippen molar-refractivity contribution >= 4 is 39.1 Å². The number of halogens is 4. The predicted molar refractivity (Wildman–Crippen MR) is 74.6 cm³/mol. The summed E-state index contributed by atoms with van der Waals surface area (Å²) in [6.07, 6.45) is -1.13. The molecule has 94 valence electrons. The Bertz CT molecular complexity index is 589. The molecule has 0 aliphatic carbocycles. The van der Waals surface area contributed by atoms with Crippen LogP contribution in [-0.4, -0.2) is 5.11 Å². The van der Waals surface area contributed by atoms with Crippen LogP contribution >= 0.6 is 39.1 Å². The van der Waals surface area contributed by atoms with Crippen molar-refractivity contribution in [3.8, 4) is 0 Å². The second kappa shape index (κ2) is 5.57. The zero-order chi connectivity index (χ0) is 13.3. The number of hydrogen-bond acceptors (Lipinski definition) is 1. The van der Waals surface area contributed by atoms with Crippen molar-refractivity contribution in [2.45, 2.75) is 6.10 Å². The van der Waals surface area contributed by atoms with Gasteiger partial charge in [-0.3, -0.25) is 0 Å². The molecule has 0 saturated carbocycles. The van der Waals surface area contributed by atoms with E-state index in [0.717, 1.165) is 0 Å². The minimum absolute atomic E-state index is 0.161. The molecule has 0 spiro atoms. The van der Waals surface area contributed by atoms with Crippen LogP contribution in [0.2, 0.25) is 10.0 Å². The van der Waals surface area contributed by atoms with Crippen LogP contribution in [-0.2, 0) is 0 Å². The average Bonchev–Trinajstić information content (AvgIpc) is 2.31. The third kappa shape index (κ3) is 2.86. The second-order valence-corrected chi connectivity index (χ2v) is 5.49. The summed E-state index contributed by atoms with van der Waals surface area (Å²) >= 11 is 15.0. The van der Waals surface area contributed by atoms with Gasteiger partial charge in [0.1, 0.15) is 11.9 Å². The van der Waals surface area contributed by atoms with Gasteiger partial charge in [-0.1, -0.05) is 45.2 Å².